The van der Waals surface area contributed by atoms with E-state index in [9.17, 15) is 4.79 Å². The Labute approximate surface area is 142 Å². The summed E-state index contributed by atoms with van der Waals surface area (Å²) in [7, 11) is 0. The molecule has 6 nitrogen and oxygen atoms in total. The molecule has 3 rings (SSSR count). The predicted octanol–water partition coefficient (Wildman–Crippen LogP) is 1.65. The molecule has 1 fully saturated rings. The molecule has 24 heavy (non-hydrogen) atoms. The molecule has 1 aliphatic heterocycles. The second kappa shape index (κ2) is 7.15. The average molecular weight is 328 g/mol. The van der Waals surface area contributed by atoms with Crippen LogP contribution in [0.5, 0.6) is 0 Å². The van der Waals surface area contributed by atoms with E-state index < -0.39 is 6.10 Å². The molecule has 6 heteroatoms. The Balaban J connectivity index is 1.66. The summed E-state index contributed by atoms with van der Waals surface area (Å²) in [4.78, 5) is 12.2. The first kappa shape index (κ1) is 16.7. The van der Waals surface area contributed by atoms with E-state index in [0.29, 0.717) is 13.2 Å². The molecule has 0 spiro atoms. The van der Waals surface area contributed by atoms with Crippen molar-refractivity contribution in [3.8, 4) is 5.69 Å². The first-order valence-electron chi connectivity index (χ1n) is 8.31. The maximum atomic E-state index is 12.2. The SMILES string of the molecule is Cc1cc(C)n(-c2ccc(C(C)NC(=O)C3CNCCO3)cc2)n1. The highest BCUT2D eigenvalue weighted by molar-refractivity contribution is 5.81. The minimum absolute atomic E-state index is 0.0717. The van der Waals surface area contributed by atoms with Gasteiger partial charge in [0.15, 0.2) is 0 Å². The lowest BCUT2D eigenvalue weighted by atomic mass is 10.1. The van der Waals surface area contributed by atoms with E-state index in [0.717, 1.165) is 29.2 Å². The van der Waals surface area contributed by atoms with E-state index in [2.05, 4.69) is 21.8 Å². The van der Waals surface area contributed by atoms with Gasteiger partial charge >= 0.3 is 0 Å². The second-order valence-corrected chi connectivity index (χ2v) is 6.22. The Morgan fingerprint density at radius 3 is 2.71 bits per heavy atom. The highest BCUT2D eigenvalue weighted by Gasteiger charge is 2.23. The zero-order valence-corrected chi connectivity index (χ0v) is 14.4. The average Bonchev–Trinajstić information content (AvgIpc) is 2.94. The highest BCUT2D eigenvalue weighted by atomic mass is 16.5. The van der Waals surface area contributed by atoms with Gasteiger partial charge in [-0.1, -0.05) is 12.1 Å². The number of aryl methyl sites for hydroxylation is 2. The van der Waals surface area contributed by atoms with Gasteiger partial charge in [-0.3, -0.25) is 4.79 Å². The molecule has 2 aromatic rings. The summed E-state index contributed by atoms with van der Waals surface area (Å²) < 4.78 is 7.40. The van der Waals surface area contributed by atoms with Gasteiger partial charge in [-0.15, -0.1) is 0 Å². The number of ether oxygens (including phenoxy) is 1. The third-order valence-corrected chi connectivity index (χ3v) is 4.23. The van der Waals surface area contributed by atoms with Crippen LogP contribution in [0.15, 0.2) is 30.3 Å². The number of benzene rings is 1. The quantitative estimate of drug-likeness (QED) is 0.896. The number of morpholine rings is 1. The van der Waals surface area contributed by atoms with E-state index in [1.54, 1.807) is 0 Å². The number of nitrogens with one attached hydrogen (secondary N) is 2. The van der Waals surface area contributed by atoms with Crippen LogP contribution in [0.25, 0.3) is 5.69 Å². The van der Waals surface area contributed by atoms with Crippen LogP contribution in [-0.4, -0.2) is 41.5 Å². The zero-order chi connectivity index (χ0) is 17.1. The standard InChI is InChI=1S/C18H24N4O2/c1-12-10-13(2)22(21-12)16-6-4-15(5-7-16)14(3)20-18(23)17-11-19-8-9-24-17/h4-7,10,14,17,19H,8-9,11H2,1-3H3,(H,20,23). The van der Waals surface area contributed by atoms with Crippen molar-refractivity contribution >= 4 is 5.91 Å². The monoisotopic (exact) mass is 328 g/mol. The van der Waals surface area contributed by atoms with E-state index in [1.807, 2.05) is 49.7 Å². The number of hydrogen-bond acceptors (Lipinski definition) is 4. The second-order valence-electron chi connectivity index (χ2n) is 6.22. The van der Waals surface area contributed by atoms with Gasteiger partial charge in [0.05, 0.1) is 24.0 Å². The summed E-state index contributed by atoms with van der Waals surface area (Å²) in [5, 5.41) is 10.7. The Bertz CT molecular complexity index is 702. The van der Waals surface area contributed by atoms with Gasteiger partial charge in [-0.25, -0.2) is 4.68 Å². The maximum absolute atomic E-state index is 12.2. The molecule has 2 heterocycles. The van der Waals surface area contributed by atoms with Crippen LogP contribution in [-0.2, 0) is 9.53 Å². The fourth-order valence-corrected chi connectivity index (χ4v) is 2.92. The number of carbonyl (C=O) groups is 1. The summed E-state index contributed by atoms with van der Waals surface area (Å²) in [6.45, 7) is 7.94. The number of amides is 1. The predicted molar refractivity (Wildman–Crippen MR) is 92.2 cm³/mol. The minimum Gasteiger partial charge on any atom is -0.366 e. The normalized spacial score (nSPS) is 19.0. The fourth-order valence-electron chi connectivity index (χ4n) is 2.92. The van der Waals surface area contributed by atoms with E-state index in [1.165, 1.54) is 0 Å². The molecule has 2 atom stereocenters. The van der Waals surface area contributed by atoms with Gasteiger partial charge in [0.1, 0.15) is 6.10 Å². The van der Waals surface area contributed by atoms with Crippen molar-refractivity contribution < 1.29 is 9.53 Å². The molecule has 0 saturated carbocycles. The Morgan fingerprint density at radius 1 is 1.38 bits per heavy atom. The molecular weight excluding hydrogens is 304 g/mol. The van der Waals surface area contributed by atoms with Crippen molar-refractivity contribution in [1.82, 2.24) is 20.4 Å². The molecule has 1 amide bonds. The lowest BCUT2D eigenvalue weighted by Crippen LogP contribution is -2.48. The Kier molecular flexibility index (Phi) is 4.97. The van der Waals surface area contributed by atoms with Crippen LogP contribution < -0.4 is 10.6 Å². The number of carbonyl (C=O) groups excluding carboxylic acids is 1. The van der Waals surface area contributed by atoms with E-state index in [-0.39, 0.29) is 11.9 Å². The van der Waals surface area contributed by atoms with Gasteiger partial charge in [0, 0.05) is 18.8 Å². The number of rotatable bonds is 4. The lowest BCUT2D eigenvalue weighted by molar-refractivity contribution is -0.134. The van der Waals surface area contributed by atoms with Crippen molar-refractivity contribution in [1.29, 1.82) is 0 Å². The molecule has 0 bridgehead atoms. The van der Waals surface area contributed by atoms with Crippen molar-refractivity contribution in [2.24, 2.45) is 0 Å². The molecule has 1 saturated heterocycles. The third-order valence-electron chi connectivity index (χ3n) is 4.23. The van der Waals surface area contributed by atoms with Crippen LogP contribution in [0, 0.1) is 13.8 Å². The van der Waals surface area contributed by atoms with Gasteiger partial charge in [0.2, 0.25) is 0 Å². The summed E-state index contributed by atoms with van der Waals surface area (Å²) in [6, 6.07) is 10.1. The van der Waals surface area contributed by atoms with Crippen LogP contribution in [0.4, 0.5) is 0 Å². The first-order valence-corrected chi connectivity index (χ1v) is 8.31. The summed E-state index contributed by atoms with van der Waals surface area (Å²) in [6.07, 6.45) is -0.407. The molecule has 2 N–H and O–H groups in total. The smallest absolute Gasteiger partial charge is 0.250 e. The van der Waals surface area contributed by atoms with Gasteiger partial charge in [-0.2, -0.15) is 5.10 Å². The lowest BCUT2D eigenvalue weighted by Gasteiger charge is -2.24. The fraction of sp³-hybridized carbons (Fsp3) is 0.444. The Hall–Kier alpha value is -2.18. The number of hydrogen-bond donors (Lipinski definition) is 2. The van der Waals surface area contributed by atoms with Crippen molar-refractivity contribution in [3.05, 3.63) is 47.3 Å². The Morgan fingerprint density at radius 2 is 2.12 bits per heavy atom. The van der Waals surface area contributed by atoms with Crippen molar-refractivity contribution in [2.45, 2.75) is 32.9 Å². The molecule has 1 aromatic heterocycles. The number of aromatic nitrogens is 2. The summed E-state index contributed by atoms with van der Waals surface area (Å²) >= 11 is 0. The van der Waals surface area contributed by atoms with Crippen LogP contribution in [0.3, 0.4) is 0 Å². The van der Waals surface area contributed by atoms with Gasteiger partial charge in [0.25, 0.3) is 5.91 Å². The zero-order valence-electron chi connectivity index (χ0n) is 14.4. The first-order chi connectivity index (χ1) is 11.5. The van der Waals surface area contributed by atoms with Crippen LogP contribution in [0.2, 0.25) is 0 Å². The van der Waals surface area contributed by atoms with E-state index in [4.69, 9.17) is 4.74 Å². The summed E-state index contributed by atoms with van der Waals surface area (Å²) in [5.41, 5.74) is 4.17. The van der Waals surface area contributed by atoms with Gasteiger partial charge in [-0.05, 0) is 44.5 Å². The molecule has 1 aromatic carbocycles. The molecule has 1 aliphatic rings. The molecule has 0 radical (unpaired) electrons. The largest absolute Gasteiger partial charge is 0.366 e. The molecule has 2 unspecified atom stereocenters. The maximum Gasteiger partial charge on any atom is 0.250 e. The van der Waals surface area contributed by atoms with Crippen LogP contribution in [0.1, 0.15) is 29.9 Å². The minimum atomic E-state index is -0.407. The van der Waals surface area contributed by atoms with Gasteiger partial charge < -0.3 is 15.4 Å². The third kappa shape index (κ3) is 3.66. The summed E-state index contributed by atoms with van der Waals surface area (Å²) in [5.74, 6) is -0.0719. The highest BCUT2D eigenvalue weighted by Crippen LogP contribution is 2.17. The van der Waals surface area contributed by atoms with Crippen molar-refractivity contribution in [3.63, 3.8) is 0 Å². The van der Waals surface area contributed by atoms with Crippen LogP contribution >= 0.6 is 0 Å². The topological polar surface area (TPSA) is 68.2 Å². The van der Waals surface area contributed by atoms with Crippen molar-refractivity contribution in [2.75, 3.05) is 19.7 Å². The molecule has 0 aliphatic carbocycles. The number of nitrogens with zero attached hydrogens (tertiary/aromatic N) is 2. The van der Waals surface area contributed by atoms with E-state index >= 15 is 0 Å². The molecular formula is C18H24N4O2. The molecule has 128 valence electrons.